The largest absolute Gasteiger partial charge is 0.375 e. The molecule has 0 N–H and O–H groups in total. The molecule has 1 aliphatic heterocycles. The van der Waals surface area contributed by atoms with Crippen molar-refractivity contribution in [2.24, 2.45) is 5.92 Å². The van der Waals surface area contributed by atoms with E-state index >= 15 is 0 Å². The fraction of sp³-hybridized carbons (Fsp3) is 1.00. The van der Waals surface area contributed by atoms with E-state index in [9.17, 15) is 0 Å². The highest BCUT2D eigenvalue weighted by Gasteiger charge is 2.40. The molecular formula is C14H27NO. The summed E-state index contributed by atoms with van der Waals surface area (Å²) in [4.78, 5) is 2.71. The molecule has 0 unspecified atom stereocenters. The molecule has 1 aliphatic carbocycles. The molecule has 1 saturated carbocycles. The Morgan fingerprint density at radius 3 is 2.25 bits per heavy atom. The average molecular weight is 225 g/mol. The summed E-state index contributed by atoms with van der Waals surface area (Å²) in [5.41, 5.74) is 0. The van der Waals surface area contributed by atoms with Gasteiger partial charge in [-0.25, -0.2) is 0 Å². The van der Waals surface area contributed by atoms with E-state index in [0.29, 0.717) is 18.2 Å². The number of piperidine rings is 1. The van der Waals surface area contributed by atoms with Crippen LogP contribution in [0.5, 0.6) is 0 Å². The van der Waals surface area contributed by atoms with Gasteiger partial charge in [0.25, 0.3) is 0 Å². The van der Waals surface area contributed by atoms with Gasteiger partial charge in [0.2, 0.25) is 0 Å². The molecule has 0 aromatic heterocycles. The maximum absolute atomic E-state index is 6.00. The number of rotatable bonds is 4. The average Bonchev–Trinajstić information content (AvgIpc) is 2.99. The monoisotopic (exact) mass is 225 g/mol. The zero-order chi connectivity index (χ0) is 11.7. The standard InChI is InChI=1S/C14H27NO/c1-10(2)15-8-7-13(16-11(3)4)9-14(15)12-5-6-12/h10-14H,5-9H2,1-4H3/t13-,14-/m0/s1. The summed E-state index contributed by atoms with van der Waals surface area (Å²) in [5.74, 6) is 0.973. The van der Waals surface area contributed by atoms with Crippen molar-refractivity contribution in [2.75, 3.05) is 6.54 Å². The highest BCUT2D eigenvalue weighted by atomic mass is 16.5. The summed E-state index contributed by atoms with van der Waals surface area (Å²) in [6, 6.07) is 1.50. The maximum atomic E-state index is 6.00. The van der Waals surface area contributed by atoms with Gasteiger partial charge in [0.1, 0.15) is 0 Å². The Morgan fingerprint density at radius 1 is 1.06 bits per heavy atom. The topological polar surface area (TPSA) is 12.5 Å². The van der Waals surface area contributed by atoms with Crippen molar-refractivity contribution in [3.05, 3.63) is 0 Å². The molecule has 0 aromatic carbocycles. The van der Waals surface area contributed by atoms with Gasteiger partial charge < -0.3 is 4.74 Å². The summed E-state index contributed by atoms with van der Waals surface area (Å²) in [6.07, 6.45) is 6.28. The summed E-state index contributed by atoms with van der Waals surface area (Å²) in [6.45, 7) is 10.2. The van der Waals surface area contributed by atoms with Crippen LogP contribution in [-0.4, -0.2) is 35.7 Å². The second-order valence-electron chi connectivity index (χ2n) is 6.07. The number of ether oxygens (including phenoxy) is 1. The van der Waals surface area contributed by atoms with Crippen LogP contribution < -0.4 is 0 Å². The molecular weight excluding hydrogens is 198 g/mol. The molecule has 2 aliphatic rings. The lowest BCUT2D eigenvalue weighted by Crippen LogP contribution is -2.49. The predicted molar refractivity (Wildman–Crippen MR) is 67.6 cm³/mol. The number of nitrogens with zero attached hydrogens (tertiary/aromatic N) is 1. The minimum Gasteiger partial charge on any atom is -0.375 e. The molecule has 0 amide bonds. The van der Waals surface area contributed by atoms with Gasteiger partial charge in [-0.2, -0.15) is 0 Å². The predicted octanol–water partition coefficient (Wildman–Crippen LogP) is 3.06. The maximum Gasteiger partial charge on any atom is 0.0605 e. The van der Waals surface area contributed by atoms with Crippen LogP contribution in [0.25, 0.3) is 0 Å². The lowest BCUT2D eigenvalue weighted by Gasteiger charge is -2.42. The van der Waals surface area contributed by atoms with Gasteiger partial charge in [-0.1, -0.05) is 0 Å². The molecule has 0 spiro atoms. The van der Waals surface area contributed by atoms with Gasteiger partial charge in [-0.3, -0.25) is 4.90 Å². The zero-order valence-corrected chi connectivity index (χ0v) is 11.3. The molecule has 1 heterocycles. The van der Waals surface area contributed by atoms with E-state index in [0.717, 1.165) is 12.0 Å². The molecule has 16 heavy (non-hydrogen) atoms. The SMILES string of the molecule is CC(C)O[C@H]1CCN(C(C)C)[C@H](C2CC2)C1. The molecule has 0 radical (unpaired) electrons. The first-order chi connectivity index (χ1) is 7.58. The second-order valence-corrected chi connectivity index (χ2v) is 6.07. The summed E-state index contributed by atoms with van der Waals surface area (Å²) >= 11 is 0. The third-order valence-corrected chi connectivity index (χ3v) is 3.93. The highest BCUT2D eigenvalue weighted by Crippen LogP contribution is 2.40. The molecule has 0 bridgehead atoms. The third kappa shape index (κ3) is 2.98. The lowest BCUT2D eigenvalue weighted by molar-refractivity contribution is -0.0546. The van der Waals surface area contributed by atoms with Crippen molar-refractivity contribution >= 4 is 0 Å². The van der Waals surface area contributed by atoms with Crippen molar-refractivity contribution < 1.29 is 4.74 Å². The Bertz CT molecular complexity index is 223. The van der Waals surface area contributed by atoms with E-state index in [4.69, 9.17) is 4.74 Å². The van der Waals surface area contributed by atoms with Gasteiger partial charge in [0.15, 0.2) is 0 Å². The molecule has 2 nitrogen and oxygen atoms in total. The van der Waals surface area contributed by atoms with Gasteiger partial charge in [0.05, 0.1) is 12.2 Å². The van der Waals surface area contributed by atoms with Crippen LogP contribution in [0.3, 0.4) is 0 Å². The fourth-order valence-corrected chi connectivity index (χ4v) is 3.08. The first kappa shape index (κ1) is 12.4. The van der Waals surface area contributed by atoms with E-state index in [1.807, 2.05) is 0 Å². The van der Waals surface area contributed by atoms with E-state index < -0.39 is 0 Å². The van der Waals surface area contributed by atoms with Crippen LogP contribution in [0.4, 0.5) is 0 Å². The van der Waals surface area contributed by atoms with Crippen molar-refractivity contribution in [1.29, 1.82) is 0 Å². The van der Waals surface area contributed by atoms with Gasteiger partial charge >= 0.3 is 0 Å². The minimum atomic E-state index is 0.385. The summed E-state index contributed by atoms with van der Waals surface area (Å²) in [5, 5.41) is 0. The Hall–Kier alpha value is -0.0800. The Kier molecular flexibility index (Phi) is 3.91. The van der Waals surface area contributed by atoms with Gasteiger partial charge in [-0.15, -0.1) is 0 Å². The van der Waals surface area contributed by atoms with Crippen LogP contribution >= 0.6 is 0 Å². The molecule has 1 saturated heterocycles. The molecule has 0 aromatic rings. The molecule has 2 atom stereocenters. The number of likely N-dealkylation sites (tertiary alicyclic amines) is 1. The normalized spacial score (nSPS) is 32.6. The Morgan fingerprint density at radius 2 is 1.75 bits per heavy atom. The van der Waals surface area contributed by atoms with E-state index in [1.54, 1.807) is 0 Å². The molecule has 2 heteroatoms. The first-order valence-electron chi connectivity index (χ1n) is 6.99. The first-order valence-corrected chi connectivity index (χ1v) is 6.99. The van der Waals surface area contributed by atoms with Crippen LogP contribution in [0, 0.1) is 5.92 Å². The van der Waals surface area contributed by atoms with Crippen LogP contribution in [0.2, 0.25) is 0 Å². The van der Waals surface area contributed by atoms with Crippen molar-refractivity contribution in [3.63, 3.8) is 0 Å². The summed E-state index contributed by atoms with van der Waals surface area (Å²) < 4.78 is 6.00. The van der Waals surface area contributed by atoms with Crippen molar-refractivity contribution in [3.8, 4) is 0 Å². The van der Waals surface area contributed by atoms with Crippen molar-refractivity contribution in [1.82, 2.24) is 4.90 Å². The minimum absolute atomic E-state index is 0.385. The summed E-state index contributed by atoms with van der Waals surface area (Å²) in [7, 11) is 0. The Balaban J connectivity index is 1.92. The number of hydrogen-bond donors (Lipinski definition) is 0. The molecule has 2 rings (SSSR count). The van der Waals surface area contributed by atoms with Gasteiger partial charge in [0, 0.05) is 18.6 Å². The molecule has 94 valence electrons. The Labute approximate surface area is 100 Å². The fourth-order valence-electron chi connectivity index (χ4n) is 3.08. The third-order valence-electron chi connectivity index (χ3n) is 3.93. The quantitative estimate of drug-likeness (QED) is 0.729. The highest BCUT2D eigenvalue weighted by molar-refractivity contribution is 4.94. The molecule has 2 fully saturated rings. The van der Waals surface area contributed by atoms with Gasteiger partial charge in [-0.05, 0) is 59.3 Å². The lowest BCUT2D eigenvalue weighted by atomic mass is 9.94. The zero-order valence-electron chi connectivity index (χ0n) is 11.3. The smallest absolute Gasteiger partial charge is 0.0605 e. The number of hydrogen-bond acceptors (Lipinski definition) is 2. The van der Waals surface area contributed by atoms with E-state index in [2.05, 4.69) is 32.6 Å². The van der Waals surface area contributed by atoms with Crippen molar-refractivity contribution in [2.45, 2.75) is 77.7 Å². The second kappa shape index (κ2) is 5.05. The van der Waals surface area contributed by atoms with Crippen LogP contribution in [-0.2, 0) is 4.74 Å². The van der Waals surface area contributed by atoms with E-state index in [1.165, 1.54) is 32.2 Å². The van der Waals surface area contributed by atoms with Crippen LogP contribution in [0.15, 0.2) is 0 Å². The van der Waals surface area contributed by atoms with E-state index in [-0.39, 0.29) is 0 Å². The van der Waals surface area contributed by atoms with Crippen LogP contribution in [0.1, 0.15) is 53.4 Å².